The molecule has 1 aromatic rings. The predicted molar refractivity (Wildman–Crippen MR) is 127 cm³/mol. The van der Waals surface area contributed by atoms with Crippen molar-refractivity contribution in [1.82, 2.24) is 5.32 Å². The molecule has 0 spiro atoms. The van der Waals surface area contributed by atoms with Crippen LogP contribution in [0.2, 0.25) is 0 Å². The van der Waals surface area contributed by atoms with Crippen LogP contribution in [0.15, 0.2) is 18.2 Å². The van der Waals surface area contributed by atoms with Crippen molar-refractivity contribution in [2.45, 2.75) is 44.9 Å². The summed E-state index contributed by atoms with van der Waals surface area (Å²) in [4.78, 5) is 14.9. The van der Waals surface area contributed by atoms with Crippen LogP contribution in [0.1, 0.15) is 44.9 Å². The zero-order valence-electron chi connectivity index (χ0n) is 18.2. The van der Waals surface area contributed by atoms with Gasteiger partial charge in [0, 0.05) is 49.9 Å². The maximum atomic E-state index is 12.5. The summed E-state index contributed by atoms with van der Waals surface area (Å²) in [5.74, 6) is 2.21. The van der Waals surface area contributed by atoms with Crippen molar-refractivity contribution >= 4 is 36.4 Å². The van der Waals surface area contributed by atoms with Crippen LogP contribution in [0.25, 0.3) is 0 Å². The van der Waals surface area contributed by atoms with E-state index in [1.165, 1.54) is 19.3 Å². The van der Waals surface area contributed by atoms with E-state index in [0.29, 0.717) is 18.9 Å². The van der Waals surface area contributed by atoms with Crippen molar-refractivity contribution < 1.29 is 14.3 Å². The second kappa shape index (κ2) is 12.5. The van der Waals surface area contributed by atoms with E-state index in [4.69, 9.17) is 15.2 Å². The second-order valence-electron chi connectivity index (χ2n) is 8.42. The molecule has 1 saturated carbocycles. The second-order valence-corrected chi connectivity index (χ2v) is 8.42. The van der Waals surface area contributed by atoms with Gasteiger partial charge in [-0.1, -0.05) is 19.3 Å². The molecule has 1 aliphatic carbocycles. The number of hydrogen-bond acceptors (Lipinski definition) is 5. The minimum atomic E-state index is 0. The van der Waals surface area contributed by atoms with Crippen LogP contribution in [0, 0.1) is 11.3 Å². The van der Waals surface area contributed by atoms with Gasteiger partial charge in [0.15, 0.2) is 0 Å². The standard InChI is InChI=1S/C22H35N3O3.2ClH/c1-27-19-10-18(11-20(12-19)28-2)25-9-6-17(15-25)14-24-21(26)13-22(16-23)7-4-3-5-8-22;;/h10-12,17H,3-9,13-16,23H2,1-2H3,(H,24,26);2*1H. The highest BCUT2D eigenvalue weighted by Crippen LogP contribution is 2.38. The van der Waals surface area contributed by atoms with Crippen molar-refractivity contribution in [3.63, 3.8) is 0 Å². The molecule has 172 valence electrons. The van der Waals surface area contributed by atoms with Gasteiger partial charge in [-0.2, -0.15) is 0 Å². The topological polar surface area (TPSA) is 76.8 Å². The Balaban J connectivity index is 0.00000225. The molecule has 1 amide bonds. The van der Waals surface area contributed by atoms with Crippen LogP contribution in [0.4, 0.5) is 5.69 Å². The number of anilines is 1. The quantitative estimate of drug-likeness (QED) is 0.615. The number of nitrogens with two attached hydrogens (primary N) is 1. The molecule has 30 heavy (non-hydrogen) atoms. The fraction of sp³-hybridized carbons (Fsp3) is 0.682. The van der Waals surface area contributed by atoms with E-state index in [1.807, 2.05) is 18.2 Å². The molecule has 1 heterocycles. The Morgan fingerprint density at radius 1 is 1.13 bits per heavy atom. The Kier molecular flexibility index (Phi) is 11.1. The molecule has 1 aromatic carbocycles. The number of nitrogens with zero attached hydrogens (tertiary/aromatic N) is 1. The van der Waals surface area contributed by atoms with Crippen molar-refractivity contribution in [2.24, 2.45) is 17.1 Å². The number of carbonyl (C=O) groups excluding carboxylic acids is 1. The summed E-state index contributed by atoms with van der Waals surface area (Å²) in [5.41, 5.74) is 7.16. The van der Waals surface area contributed by atoms with Crippen LogP contribution in [-0.4, -0.2) is 46.3 Å². The third kappa shape index (κ3) is 6.82. The van der Waals surface area contributed by atoms with Gasteiger partial charge in [-0.15, -0.1) is 24.8 Å². The fourth-order valence-electron chi connectivity index (χ4n) is 4.62. The Hall–Kier alpha value is -1.37. The lowest BCUT2D eigenvalue weighted by Crippen LogP contribution is -2.40. The Bertz CT molecular complexity index is 647. The summed E-state index contributed by atoms with van der Waals surface area (Å²) >= 11 is 0. The van der Waals surface area contributed by atoms with Crippen LogP contribution in [0.5, 0.6) is 11.5 Å². The summed E-state index contributed by atoms with van der Waals surface area (Å²) in [5, 5.41) is 3.18. The highest BCUT2D eigenvalue weighted by Gasteiger charge is 2.33. The fourth-order valence-corrected chi connectivity index (χ4v) is 4.62. The highest BCUT2D eigenvalue weighted by atomic mass is 35.5. The molecule has 0 radical (unpaired) electrons. The minimum Gasteiger partial charge on any atom is -0.497 e. The number of benzene rings is 1. The van der Waals surface area contributed by atoms with Crippen LogP contribution in [0.3, 0.4) is 0 Å². The van der Waals surface area contributed by atoms with Crippen LogP contribution in [-0.2, 0) is 4.79 Å². The first-order chi connectivity index (χ1) is 13.6. The van der Waals surface area contributed by atoms with Gasteiger partial charge in [0.2, 0.25) is 5.91 Å². The molecule has 1 atom stereocenters. The largest absolute Gasteiger partial charge is 0.497 e. The molecular formula is C22H37Cl2N3O3. The zero-order chi connectivity index (χ0) is 20.0. The maximum Gasteiger partial charge on any atom is 0.220 e. The van der Waals surface area contributed by atoms with Crippen LogP contribution < -0.4 is 25.4 Å². The third-order valence-electron chi connectivity index (χ3n) is 6.46. The molecule has 3 rings (SSSR count). The number of methoxy groups -OCH3 is 2. The summed E-state index contributed by atoms with van der Waals surface area (Å²) in [6, 6.07) is 5.96. The number of carbonyl (C=O) groups is 1. The van der Waals surface area contributed by atoms with E-state index in [9.17, 15) is 4.79 Å². The monoisotopic (exact) mass is 461 g/mol. The molecule has 2 fully saturated rings. The van der Waals surface area contributed by atoms with E-state index in [2.05, 4.69) is 10.2 Å². The van der Waals surface area contributed by atoms with E-state index in [-0.39, 0.29) is 36.1 Å². The summed E-state index contributed by atoms with van der Waals surface area (Å²) < 4.78 is 10.8. The van der Waals surface area contributed by atoms with E-state index < -0.39 is 0 Å². The Morgan fingerprint density at radius 2 is 1.77 bits per heavy atom. The Labute approximate surface area is 193 Å². The van der Waals surface area contributed by atoms with Gasteiger partial charge in [-0.3, -0.25) is 4.79 Å². The molecule has 1 unspecified atom stereocenters. The van der Waals surface area contributed by atoms with Gasteiger partial charge >= 0.3 is 0 Å². The molecule has 0 bridgehead atoms. The molecule has 2 aliphatic rings. The lowest BCUT2D eigenvalue weighted by Gasteiger charge is -2.35. The van der Waals surface area contributed by atoms with Crippen molar-refractivity contribution in [2.75, 3.05) is 45.3 Å². The first-order valence-corrected chi connectivity index (χ1v) is 10.5. The minimum absolute atomic E-state index is 0. The number of rotatable bonds is 8. The molecule has 6 nitrogen and oxygen atoms in total. The Morgan fingerprint density at radius 3 is 2.33 bits per heavy atom. The van der Waals surface area contributed by atoms with Crippen molar-refractivity contribution in [3.05, 3.63) is 18.2 Å². The average Bonchev–Trinajstić information content (AvgIpc) is 3.21. The lowest BCUT2D eigenvalue weighted by atomic mass is 9.71. The lowest BCUT2D eigenvalue weighted by molar-refractivity contribution is -0.124. The van der Waals surface area contributed by atoms with E-state index in [0.717, 1.165) is 56.1 Å². The summed E-state index contributed by atoms with van der Waals surface area (Å²) in [7, 11) is 3.34. The summed E-state index contributed by atoms with van der Waals surface area (Å²) in [6.45, 7) is 3.26. The number of hydrogen-bond donors (Lipinski definition) is 2. The first-order valence-electron chi connectivity index (χ1n) is 10.5. The molecule has 0 aromatic heterocycles. The molecule has 1 aliphatic heterocycles. The number of amides is 1. The SMILES string of the molecule is COc1cc(OC)cc(N2CCC(CNC(=O)CC3(CN)CCCCC3)C2)c1.Cl.Cl. The first kappa shape index (κ1) is 26.7. The zero-order valence-corrected chi connectivity index (χ0v) is 19.8. The maximum absolute atomic E-state index is 12.5. The molecular weight excluding hydrogens is 425 g/mol. The van der Waals surface area contributed by atoms with E-state index >= 15 is 0 Å². The third-order valence-corrected chi connectivity index (χ3v) is 6.46. The molecule has 1 saturated heterocycles. The van der Waals surface area contributed by atoms with Gasteiger partial charge < -0.3 is 25.4 Å². The van der Waals surface area contributed by atoms with Gasteiger partial charge in [0.25, 0.3) is 0 Å². The molecule has 8 heteroatoms. The van der Waals surface area contributed by atoms with Crippen LogP contribution >= 0.6 is 24.8 Å². The number of ether oxygens (including phenoxy) is 2. The van der Waals surface area contributed by atoms with Gasteiger partial charge in [0.05, 0.1) is 14.2 Å². The average molecular weight is 462 g/mol. The van der Waals surface area contributed by atoms with Crippen molar-refractivity contribution in [1.29, 1.82) is 0 Å². The number of halogens is 2. The predicted octanol–water partition coefficient (Wildman–Crippen LogP) is 3.79. The summed E-state index contributed by atoms with van der Waals surface area (Å²) in [6.07, 6.45) is 7.50. The molecule has 3 N–H and O–H groups in total. The van der Waals surface area contributed by atoms with Gasteiger partial charge in [0.1, 0.15) is 11.5 Å². The number of nitrogens with one attached hydrogen (secondary N) is 1. The van der Waals surface area contributed by atoms with E-state index in [1.54, 1.807) is 14.2 Å². The van der Waals surface area contributed by atoms with Gasteiger partial charge in [-0.25, -0.2) is 0 Å². The normalized spacial score (nSPS) is 20.0. The smallest absolute Gasteiger partial charge is 0.220 e. The van der Waals surface area contributed by atoms with Gasteiger partial charge in [-0.05, 0) is 37.1 Å². The van der Waals surface area contributed by atoms with Crippen molar-refractivity contribution in [3.8, 4) is 11.5 Å². The highest BCUT2D eigenvalue weighted by molar-refractivity contribution is 5.85.